The molecule has 2 aromatic carbocycles. The number of rotatable bonds is 8. The first-order valence-electron chi connectivity index (χ1n) is 10.7. The lowest BCUT2D eigenvalue weighted by Gasteiger charge is -2.32. The van der Waals surface area contributed by atoms with Crippen LogP contribution in [0, 0.1) is 11.8 Å². The van der Waals surface area contributed by atoms with E-state index in [-0.39, 0.29) is 17.3 Å². The second-order valence-electron chi connectivity index (χ2n) is 9.79. The Kier molecular flexibility index (Phi) is 9.24. The highest BCUT2D eigenvalue weighted by molar-refractivity contribution is 9.11. The van der Waals surface area contributed by atoms with Crippen molar-refractivity contribution in [1.29, 1.82) is 0 Å². The first-order valence-corrected chi connectivity index (χ1v) is 13.9. The zero-order chi connectivity index (χ0) is 25.5. The Morgan fingerprint density at radius 1 is 0.606 bits per heavy atom. The quantitative estimate of drug-likeness (QED) is 0.269. The van der Waals surface area contributed by atoms with Gasteiger partial charge < -0.3 is 19.7 Å². The van der Waals surface area contributed by atoms with Crippen LogP contribution in [0.2, 0.25) is 0 Å². The molecule has 0 heterocycles. The fraction of sp³-hybridized carbons (Fsp3) is 0.520. The maximum atomic E-state index is 10.6. The van der Waals surface area contributed by atoms with Crippen LogP contribution in [0.1, 0.15) is 66.5 Å². The third kappa shape index (κ3) is 6.56. The lowest BCUT2D eigenvalue weighted by molar-refractivity contribution is -0.155. The van der Waals surface area contributed by atoms with E-state index >= 15 is 0 Å². The molecule has 0 aliphatic rings. The van der Waals surface area contributed by atoms with Gasteiger partial charge in [-0.3, -0.25) is 0 Å². The van der Waals surface area contributed by atoms with Gasteiger partial charge in [0.2, 0.25) is 11.6 Å². The molecule has 0 radical (unpaired) electrons. The normalized spacial score (nSPS) is 16.0. The summed E-state index contributed by atoms with van der Waals surface area (Å²) in [5, 5.41) is 21.2. The summed E-state index contributed by atoms with van der Waals surface area (Å²) in [5.74, 6) is -1.67. The van der Waals surface area contributed by atoms with Gasteiger partial charge in [-0.1, -0.05) is 41.5 Å². The first kappa shape index (κ1) is 29.1. The fourth-order valence-electron chi connectivity index (χ4n) is 2.85. The number of aliphatic hydroxyl groups is 2. The summed E-state index contributed by atoms with van der Waals surface area (Å²) in [6, 6.07) is 8.02. The van der Waals surface area contributed by atoms with Gasteiger partial charge in [0.25, 0.3) is 0 Å². The predicted octanol–water partition coefficient (Wildman–Crippen LogP) is 8.55. The van der Waals surface area contributed by atoms with Gasteiger partial charge in [-0.05, 0) is 99.1 Å². The third-order valence-corrected chi connectivity index (χ3v) is 8.56. The maximum absolute atomic E-state index is 10.6. The van der Waals surface area contributed by atoms with Gasteiger partial charge in [0.1, 0.15) is 0 Å². The SMILES string of the molecule is CC(C)C(C)(O)Oc1c(Br)cc(C(C)(C)c2cc(Br)c(OC(C)(O)C(C)C)c(Br)c2)cc1Br. The van der Waals surface area contributed by atoms with Crippen LogP contribution in [-0.4, -0.2) is 21.8 Å². The topological polar surface area (TPSA) is 58.9 Å². The fourth-order valence-corrected chi connectivity index (χ4v) is 5.55. The van der Waals surface area contributed by atoms with E-state index in [1.54, 1.807) is 13.8 Å². The van der Waals surface area contributed by atoms with E-state index in [9.17, 15) is 10.2 Å². The standard InChI is InChI=1S/C25H32Br4O4/c1-13(2)24(7,30)32-21-17(26)9-15(10-18(21)27)23(5,6)16-11-19(28)22(20(29)12-16)33-25(8,31)14(3)4/h9-14,30-31H,1-8H3. The lowest BCUT2D eigenvalue weighted by Crippen LogP contribution is -2.38. The molecule has 0 amide bonds. The summed E-state index contributed by atoms with van der Waals surface area (Å²) in [4.78, 5) is 0. The molecule has 0 bridgehead atoms. The van der Waals surface area contributed by atoms with E-state index in [1.165, 1.54) is 0 Å². The summed E-state index contributed by atoms with van der Waals surface area (Å²) < 4.78 is 14.8. The third-order valence-electron chi connectivity index (χ3n) is 6.20. The van der Waals surface area contributed by atoms with Gasteiger partial charge in [0.05, 0.1) is 17.9 Å². The van der Waals surface area contributed by atoms with Gasteiger partial charge >= 0.3 is 0 Å². The predicted molar refractivity (Wildman–Crippen MR) is 148 cm³/mol. The Morgan fingerprint density at radius 2 is 0.848 bits per heavy atom. The summed E-state index contributed by atoms with van der Waals surface area (Å²) >= 11 is 14.5. The zero-order valence-electron chi connectivity index (χ0n) is 20.2. The Balaban J connectivity index is 2.48. The van der Waals surface area contributed by atoms with Crippen molar-refractivity contribution in [1.82, 2.24) is 0 Å². The highest BCUT2D eigenvalue weighted by Gasteiger charge is 2.33. The minimum atomic E-state index is -1.30. The number of hydrogen-bond acceptors (Lipinski definition) is 4. The van der Waals surface area contributed by atoms with Crippen molar-refractivity contribution in [2.24, 2.45) is 11.8 Å². The van der Waals surface area contributed by atoms with E-state index < -0.39 is 11.6 Å². The van der Waals surface area contributed by atoms with Crippen molar-refractivity contribution in [2.45, 2.75) is 72.4 Å². The Bertz CT molecular complexity index is 888. The second kappa shape index (κ2) is 10.5. The van der Waals surface area contributed by atoms with Crippen LogP contribution in [0.3, 0.4) is 0 Å². The average Bonchev–Trinajstić information content (AvgIpc) is 2.66. The number of benzene rings is 2. The van der Waals surface area contributed by atoms with Crippen LogP contribution in [0.5, 0.6) is 11.5 Å². The van der Waals surface area contributed by atoms with Crippen molar-refractivity contribution < 1.29 is 19.7 Å². The second-order valence-corrected chi connectivity index (χ2v) is 13.2. The van der Waals surface area contributed by atoms with Crippen molar-refractivity contribution >= 4 is 63.7 Å². The molecule has 184 valence electrons. The molecule has 8 heteroatoms. The Morgan fingerprint density at radius 3 is 1.06 bits per heavy atom. The van der Waals surface area contributed by atoms with Crippen LogP contribution in [0.25, 0.3) is 0 Å². The molecule has 33 heavy (non-hydrogen) atoms. The van der Waals surface area contributed by atoms with E-state index in [2.05, 4.69) is 77.6 Å². The average molecular weight is 716 g/mol. The maximum Gasteiger partial charge on any atom is 0.207 e. The molecule has 2 aromatic rings. The van der Waals surface area contributed by atoms with Gasteiger partial charge in [0.15, 0.2) is 11.5 Å². The molecule has 0 aliphatic heterocycles. The molecule has 2 atom stereocenters. The summed E-state index contributed by atoms with van der Waals surface area (Å²) in [5.41, 5.74) is 1.70. The van der Waals surface area contributed by atoms with Gasteiger partial charge in [-0.15, -0.1) is 0 Å². The minimum absolute atomic E-state index is 0.0840. The Hall–Kier alpha value is -0.120. The smallest absolute Gasteiger partial charge is 0.207 e. The van der Waals surface area contributed by atoms with Crippen LogP contribution in [-0.2, 0) is 5.41 Å². The number of hydrogen-bond donors (Lipinski definition) is 2. The lowest BCUT2D eigenvalue weighted by atomic mass is 9.78. The molecule has 0 saturated carbocycles. The Labute approximate surface area is 231 Å². The molecule has 0 aliphatic carbocycles. The van der Waals surface area contributed by atoms with Gasteiger partial charge in [-0.2, -0.15) is 0 Å². The summed E-state index contributed by atoms with van der Waals surface area (Å²) in [6.07, 6.45) is 0. The number of halogens is 4. The van der Waals surface area contributed by atoms with E-state index in [1.807, 2.05) is 52.0 Å². The molecule has 2 unspecified atom stereocenters. The van der Waals surface area contributed by atoms with Crippen LogP contribution >= 0.6 is 63.7 Å². The van der Waals surface area contributed by atoms with Gasteiger partial charge in [0, 0.05) is 31.1 Å². The summed E-state index contributed by atoms with van der Waals surface area (Å²) in [6.45, 7) is 15.2. The molecular formula is C25H32Br4O4. The largest absolute Gasteiger partial charge is 0.460 e. The zero-order valence-corrected chi connectivity index (χ0v) is 26.5. The van der Waals surface area contributed by atoms with Gasteiger partial charge in [-0.25, -0.2) is 0 Å². The molecule has 0 aromatic heterocycles. The number of ether oxygens (including phenoxy) is 2. The van der Waals surface area contributed by atoms with Crippen molar-refractivity contribution in [3.8, 4) is 11.5 Å². The summed E-state index contributed by atoms with van der Waals surface area (Å²) in [7, 11) is 0. The van der Waals surface area contributed by atoms with Crippen LogP contribution in [0.4, 0.5) is 0 Å². The molecule has 0 saturated heterocycles. The van der Waals surface area contributed by atoms with Crippen molar-refractivity contribution in [3.63, 3.8) is 0 Å². The molecule has 2 rings (SSSR count). The highest BCUT2D eigenvalue weighted by atomic mass is 79.9. The van der Waals surface area contributed by atoms with Crippen molar-refractivity contribution in [3.05, 3.63) is 53.3 Å². The van der Waals surface area contributed by atoms with E-state index in [0.29, 0.717) is 11.5 Å². The van der Waals surface area contributed by atoms with E-state index in [0.717, 1.165) is 29.0 Å². The first-order chi connectivity index (χ1) is 14.9. The molecule has 4 nitrogen and oxygen atoms in total. The van der Waals surface area contributed by atoms with Crippen molar-refractivity contribution in [2.75, 3.05) is 0 Å². The van der Waals surface area contributed by atoms with E-state index in [4.69, 9.17) is 9.47 Å². The minimum Gasteiger partial charge on any atom is -0.460 e. The van der Waals surface area contributed by atoms with Crippen LogP contribution in [0.15, 0.2) is 42.2 Å². The molecular weight excluding hydrogens is 684 g/mol. The molecule has 2 N–H and O–H groups in total. The molecule has 0 fully saturated rings. The van der Waals surface area contributed by atoms with Crippen LogP contribution < -0.4 is 9.47 Å². The highest BCUT2D eigenvalue weighted by Crippen LogP contribution is 2.45. The molecule has 0 spiro atoms. The monoisotopic (exact) mass is 712 g/mol.